The van der Waals surface area contributed by atoms with E-state index in [1.54, 1.807) is 6.07 Å². The third-order valence-corrected chi connectivity index (χ3v) is 3.53. The second-order valence-electron chi connectivity index (χ2n) is 5.38. The molecule has 116 valence electrons. The molecule has 0 saturated carbocycles. The first-order chi connectivity index (χ1) is 11.2. The van der Waals surface area contributed by atoms with Crippen molar-refractivity contribution in [3.8, 4) is 11.5 Å². The highest BCUT2D eigenvalue weighted by atomic mass is 19.1. The Bertz CT molecular complexity index is 787. The van der Waals surface area contributed by atoms with Crippen LogP contribution in [0.4, 0.5) is 10.1 Å². The van der Waals surface area contributed by atoms with Crippen molar-refractivity contribution in [3.63, 3.8) is 0 Å². The molecule has 3 heteroatoms. The Kier molecular flexibility index (Phi) is 4.57. The molecule has 0 heterocycles. The summed E-state index contributed by atoms with van der Waals surface area (Å²) in [6, 6.07) is 22.2. The van der Waals surface area contributed by atoms with E-state index in [2.05, 4.69) is 5.32 Å². The third kappa shape index (κ3) is 4.10. The molecule has 2 nitrogen and oxygen atoms in total. The van der Waals surface area contributed by atoms with Crippen molar-refractivity contribution >= 4 is 5.69 Å². The summed E-state index contributed by atoms with van der Waals surface area (Å²) in [4.78, 5) is 0. The van der Waals surface area contributed by atoms with Crippen LogP contribution in [0.1, 0.15) is 11.1 Å². The first-order valence-corrected chi connectivity index (χ1v) is 7.52. The van der Waals surface area contributed by atoms with E-state index in [0.717, 1.165) is 28.3 Å². The van der Waals surface area contributed by atoms with E-state index in [1.807, 2.05) is 61.5 Å². The zero-order valence-corrected chi connectivity index (χ0v) is 12.9. The van der Waals surface area contributed by atoms with Gasteiger partial charge >= 0.3 is 0 Å². The maximum absolute atomic E-state index is 13.2. The SMILES string of the molecule is Cc1cc(NCc2cccc(F)c2)ccc1Oc1ccccc1. The first kappa shape index (κ1) is 15.1. The van der Waals surface area contributed by atoms with Crippen LogP contribution in [-0.4, -0.2) is 0 Å². The minimum atomic E-state index is -0.216. The molecule has 0 aliphatic rings. The summed E-state index contributed by atoms with van der Waals surface area (Å²) >= 11 is 0. The Hall–Kier alpha value is -2.81. The molecule has 0 aliphatic carbocycles. The van der Waals surface area contributed by atoms with Crippen LogP contribution in [0.2, 0.25) is 0 Å². The Morgan fingerprint density at radius 2 is 1.74 bits per heavy atom. The van der Waals surface area contributed by atoms with Gasteiger partial charge in [0.1, 0.15) is 17.3 Å². The van der Waals surface area contributed by atoms with E-state index >= 15 is 0 Å². The van der Waals surface area contributed by atoms with E-state index in [9.17, 15) is 4.39 Å². The van der Waals surface area contributed by atoms with Gasteiger partial charge in [-0.1, -0.05) is 30.3 Å². The number of para-hydroxylation sites is 1. The number of hydrogen-bond acceptors (Lipinski definition) is 2. The van der Waals surface area contributed by atoms with Gasteiger partial charge in [0.25, 0.3) is 0 Å². The Balaban J connectivity index is 1.67. The standard InChI is InChI=1S/C20H18FNO/c1-15-12-18(22-14-16-6-5-7-17(21)13-16)10-11-20(15)23-19-8-3-2-4-9-19/h2-13,22H,14H2,1H3. The van der Waals surface area contributed by atoms with Crippen LogP contribution >= 0.6 is 0 Å². The molecule has 0 spiro atoms. The predicted molar refractivity (Wildman–Crippen MR) is 91.4 cm³/mol. The molecule has 0 atom stereocenters. The zero-order valence-electron chi connectivity index (χ0n) is 12.9. The van der Waals surface area contributed by atoms with Gasteiger partial charge in [0.05, 0.1) is 0 Å². The minimum absolute atomic E-state index is 0.216. The summed E-state index contributed by atoms with van der Waals surface area (Å²) in [5, 5.41) is 3.30. The topological polar surface area (TPSA) is 21.3 Å². The van der Waals surface area contributed by atoms with E-state index in [4.69, 9.17) is 4.74 Å². The van der Waals surface area contributed by atoms with Crippen LogP contribution < -0.4 is 10.1 Å². The lowest BCUT2D eigenvalue weighted by Gasteiger charge is -2.12. The molecular formula is C20H18FNO. The van der Waals surface area contributed by atoms with Gasteiger partial charge in [-0.15, -0.1) is 0 Å². The summed E-state index contributed by atoms with van der Waals surface area (Å²) in [6.07, 6.45) is 0. The number of ether oxygens (including phenoxy) is 1. The highest BCUT2D eigenvalue weighted by Gasteiger charge is 2.03. The van der Waals surface area contributed by atoms with Crippen molar-refractivity contribution in [2.24, 2.45) is 0 Å². The lowest BCUT2D eigenvalue weighted by Crippen LogP contribution is -2.00. The molecule has 0 fully saturated rings. The molecule has 0 aliphatic heterocycles. The second kappa shape index (κ2) is 6.97. The molecule has 0 saturated heterocycles. The van der Waals surface area contributed by atoms with Crippen LogP contribution in [0.25, 0.3) is 0 Å². The zero-order chi connectivity index (χ0) is 16.1. The smallest absolute Gasteiger partial charge is 0.130 e. The summed E-state index contributed by atoms with van der Waals surface area (Å²) < 4.78 is 19.0. The van der Waals surface area contributed by atoms with E-state index in [1.165, 1.54) is 12.1 Å². The fourth-order valence-electron chi connectivity index (χ4n) is 2.34. The Morgan fingerprint density at radius 3 is 2.48 bits per heavy atom. The Morgan fingerprint density at radius 1 is 0.913 bits per heavy atom. The summed E-state index contributed by atoms with van der Waals surface area (Å²) in [5.41, 5.74) is 2.93. The van der Waals surface area contributed by atoms with Crippen molar-refractivity contribution in [2.75, 3.05) is 5.32 Å². The van der Waals surface area contributed by atoms with Gasteiger partial charge in [0.15, 0.2) is 0 Å². The number of halogens is 1. The average molecular weight is 307 g/mol. The fourth-order valence-corrected chi connectivity index (χ4v) is 2.34. The molecule has 23 heavy (non-hydrogen) atoms. The molecule has 3 rings (SSSR count). The molecular weight excluding hydrogens is 289 g/mol. The normalized spacial score (nSPS) is 10.3. The number of anilines is 1. The second-order valence-corrected chi connectivity index (χ2v) is 5.38. The van der Waals surface area contributed by atoms with Crippen molar-refractivity contribution in [3.05, 3.63) is 89.7 Å². The van der Waals surface area contributed by atoms with E-state index in [-0.39, 0.29) is 5.82 Å². The maximum atomic E-state index is 13.2. The molecule has 0 bridgehead atoms. The average Bonchev–Trinajstić information content (AvgIpc) is 2.56. The van der Waals surface area contributed by atoms with Gasteiger partial charge in [-0.3, -0.25) is 0 Å². The van der Waals surface area contributed by atoms with Gasteiger partial charge in [0.2, 0.25) is 0 Å². The van der Waals surface area contributed by atoms with Gasteiger partial charge in [-0.05, 0) is 60.5 Å². The van der Waals surface area contributed by atoms with Gasteiger partial charge in [-0.25, -0.2) is 4.39 Å². The molecule has 1 N–H and O–H groups in total. The fraction of sp³-hybridized carbons (Fsp3) is 0.100. The molecule has 3 aromatic carbocycles. The lowest BCUT2D eigenvalue weighted by molar-refractivity contribution is 0.479. The number of benzene rings is 3. The Labute approximate surface area is 135 Å². The van der Waals surface area contributed by atoms with Crippen LogP contribution in [0, 0.1) is 12.7 Å². The molecule has 0 unspecified atom stereocenters. The lowest BCUT2D eigenvalue weighted by atomic mass is 10.1. The van der Waals surface area contributed by atoms with Crippen molar-refractivity contribution in [1.82, 2.24) is 0 Å². The highest BCUT2D eigenvalue weighted by Crippen LogP contribution is 2.27. The van der Waals surface area contributed by atoms with Crippen molar-refractivity contribution in [2.45, 2.75) is 13.5 Å². The van der Waals surface area contributed by atoms with Crippen LogP contribution in [-0.2, 0) is 6.54 Å². The summed E-state index contributed by atoms with van der Waals surface area (Å²) in [6.45, 7) is 2.59. The number of aryl methyl sites for hydroxylation is 1. The van der Waals surface area contributed by atoms with Crippen LogP contribution in [0.3, 0.4) is 0 Å². The van der Waals surface area contributed by atoms with Gasteiger partial charge in [-0.2, -0.15) is 0 Å². The molecule has 0 amide bonds. The van der Waals surface area contributed by atoms with Crippen molar-refractivity contribution in [1.29, 1.82) is 0 Å². The van der Waals surface area contributed by atoms with Crippen LogP contribution in [0.5, 0.6) is 11.5 Å². The third-order valence-electron chi connectivity index (χ3n) is 3.53. The highest BCUT2D eigenvalue weighted by molar-refractivity contribution is 5.52. The number of nitrogens with one attached hydrogen (secondary N) is 1. The monoisotopic (exact) mass is 307 g/mol. The van der Waals surface area contributed by atoms with Gasteiger partial charge in [0, 0.05) is 12.2 Å². The largest absolute Gasteiger partial charge is 0.457 e. The molecule has 0 radical (unpaired) electrons. The minimum Gasteiger partial charge on any atom is -0.457 e. The van der Waals surface area contributed by atoms with E-state index in [0.29, 0.717) is 6.54 Å². The summed E-state index contributed by atoms with van der Waals surface area (Å²) in [7, 11) is 0. The number of rotatable bonds is 5. The first-order valence-electron chi connectivity index (χ1n) is 7.52. The molecule has 3 aromatic rings. The quantitative estimate of drug-likeness (QED) is 0.668. The van der Waals surface area contributed by atoms with Crippen molar-refractivity contribution < 1.29 is 9.13 Å². The maximum Gasteiger partial charge on any atom is 0.130 e. The van der Waals surface area contributed by atoms with E-state index < -0.39 is 0 Å². The van der Waals surface area contributed by atoms with Gasteiger partial charge < -0.3 is 10.1 Å². The van der Waals surface area contributed by atoms with Crippen LogP contribution in [0.15, 0.2) is 72.8 Å². The number of hydrogen-bond donors (Lipinski definition) is 1. The predicted octanol–water partition coefficient (Wildman–Crippen LogP) is 5.54. The summed E-state index contributed by atoms with van der Waals surface area (Å²) in [5.74, 6) is 1.43. The molecule has 0 aromatic heterocycles.